The molecule has 0 radical (unpaired) electrons. The molecule has 10 heteroatoms. The quantitative estimate of drug-likeness (QED) is 0.0266. The normalized spacial score (nSPS) is 13.7. The van der Waals surface area contributed by atoms with Crippen LogP contribution in [0.4, 0.5) is 0 Å². The summed E-state index contributed by atoms with van der Waals surface area (Å²) in [5.41, 5.74) is 5.36. The van der Waals surface area contributed by atoms with Crippen molar-refractivity contribution in [3.63, 3.8) is 0 Å². The number of nitrogens with two attached hydrogens (primary N) is 1. The molecule has 3 N–H and O–H groups in total. The van der Waals surface area contributed by atoms with Crippen molar-refractivity contribution in [3.05, 3.63) is 48.6 Å². The average Bonchev–Trinajstić information content (AvgIpc) is 3.21. The fraction of sp³-hybridized carbons (Fsp3) is 0.792. The van der Waals surface area contributed by atoms with Gasteiger partial charge in [-0.2, -0.15) is 0 Å². The van der Waals surface area contributed by atoms with Crippen molar-refractivity contribution in [3.8, 4) is 0 Å². The molecule has 338 valence electrons. The van der Waals surface area contributed by atoms with Crippen molar-refractivity contribution in [1.29, 1.82) is 0 Å². The van der Waals surface area contributed by atoms with E-state index in [1.54, 1.807) is 0 Å². The van der Waals surface area contributed by atoms with Gasteiger partial charge < -0.3 is 20.1 Å². The third-order valence-corrected chi connectivity index (χ3v) is 11.0. The molecule has 0 aliphatic carbocycles. The van der Waals surface area contributed by atoms with Crippen molar-refractivity contribution < 1.29 is 37.6 Å². The number of hydrogen-bond donors (Lipinski definition) is 2. The Morgan fingerprint density at radius 2 is 0.948 bits per heavy atom. The van der Waals surface area contributed by atoms with Gasteiger partial charge in [0.2, 0.25) is 0 Å². The van der Waals surface area contributed by atoms with Gasteiger partial charge in [-0.25, -0.2) is 4.57 Å². The van der Waals surface area contributed by atoms with E-state index in [2.05, 4.69) is 62.5 Å². The summed E-state index contributed by atoms with van der Waals surface area (Å²) in [6.07, 6.45) is 51.4. The maximum absolute atomic E-state index is 12.6. The van der Waals surface area contributed by atoms with Gasteiger partial charge in [0.15, 0.2) is 6.10 Å². The van der Waals surface area contributed by atoms with Crippen LogP contribution in [-0.2, 0) is 32.7 Å². The summed E-state index contributed by atoms with van der Waals surface area (Å²) in [6, 6.07) is 0. The van der Waals surface area contributed by atoms with Crippen LogP contribution in [0.3, 0.4) is 0 Å². The van der Waals surface area contributed by atoms with Crippen LogP contribution in [0.15, 0.2) is 48.6 Å². The molecule has 9 nitrogen and oxygen atoms in total. The largest absolute Gasteiger partial charge is 0.472 e. The van der Waals surface area contributed by atoms with Crippen LogP contribution in [0.2, 0.25) is 0 Å². The predicted molar refractivity (Wildman–Crippen MR) is 243 cm³/mol. The lowest BCUT2D eigenvalue weighted by Crippen LogP contribution is -2.29. The molecule has 0 aliphatic rings. The molecule has 0 aromatic rings. The molecular weight excluding hydrogens is 750 g/mol. The molecule has 2 unspecified atom stereocenters. The number of carbonyl (C=O) groups is 2. The first kappa shape index (κ1) is 56.0. The van der Waals surface area contributed by atoms with Crippen molar-refractivity contribution in [1.82, 2.24) is 0 Å². The Labute approximate surface area is 356 Å². The number of phosphoric ester groups is 1. The molecule has 0 aromatic heterocycles. The highest BCUT2D eigenvalue weighted by Crippen LogP contribution is 2.43. The van der Waals surface area contributed by atoms with Crippen LogP contribution in [0.1, 0.15) is 213 Å². The number of ether oxygens (including phenoxy) is 2. The molecule has 58 heavy (non-hydrogen) atoms. The third kappa shape index (κ3) is 43.5. The van der Waals surface area contributed by atoms with E-state index < -0.39 is 26.5 Å². The molecule has 0 aromatic carbocycles. The highest BCUT2D eigenvalue weighted by molar-refractivity contribution is 7.47. The summed E-state index contributed by atoms with van der Waals surface area (Å²) in [5.74, 6) is -0.828. The summed E-state index contributed by atoms with van der Waals surface area (Å²) in [5, 5.41) is 0. The fourth-order valence-corrected chi connectivity index (χ4v) is 7.27. The minimum absolute atomic E-state index is 0.0525. The summed E-state index contributed by atoms with van der Waals surface area (Å²) in [6.45, 7) is 3.63. The molecule has 2 atom stereocenters. The SMILES string of the molecule is CC/C=C\C/C=C\C/C=C\C/C=C\CCCCCCCCCCCCC(=O)OC(COC(=O)CCCCCCCCCCCCCCCC)COP(=O)(O)OCCN. The first-order chi connectivity index (χ1) is 28.3. The van der Waals surface area contributed by atoms with Crippen molar-refractivity contribution in [2.24, 2.45) is 5.73 Å². The first-order valence-electron chi connectivity index (χ1n) is 23.6. The summed E-state index contributed by atoms with van der Waals surface area (Å²) in [4.78, 5) is 34.9. The predicted octanol–water partition coefficient (Wildman–Crippen LogP) is 13.9. The lowest BCUT2D eigenvalue weighted by atomic mass is 10.0. The average molecular weight is 838 g/mol. The monoisotopic (exact) mass is 838 g/mol. The molecule has 0 saturated heterocycles. The molecular formula is C48H88NO8P. The number of esters is 2. The van der Waals surface area contributed by atoms with E-state index in [-0.39, 0.29) is 38.6 Å². The van der Waals surface area contributed by atoms with Gasteiger partial charge >= 0.3 is 19.8 Å². The number of rotatable bonds is 44. The van der Waals surface area contributed by atoms with Crippen molar-refractivity contribution in [2.45, 2.75) is 219 Å². The second-order valence-corrected chi connectivity index (χ2v) is 17.1. The van der Waals surface area contributed by atoms with E-state index in [4.69, 9.17) is 24.3 Å². The van der Waals surface area contributed by atoms with Gasteiger partial charge in [0.1, 0.15) is 6.61 Å². The fourth-order valence-electron chi connectivity index (χ4n) is 6.51. The Balaban J connectivity index is 4.07. The van der Waals surface area contributed by atoms with Crippen molar-refractivity contribution >= 4 is 19.8 Å². The minimum atomic E-state index is -4.38. The Kier molecular flexibility index (Phi) is 43.0. The molecule has 0 amide bonds. The Hall–Kier alpha value is -2.03. The number of carbonyl (C=O) groups excluding carboxylic acids is 2. The molecule has 0 fully saturated rings. The molecule has 0 saturated carbocycles. The maximum atomic E-state index is 12.6. The summed E-state index contributed by atoms with van der Waals surface area (Å²) >= 11 is 0. The van der Waals surface area contributed by atoms with E-state index in [1.807, 2.05) is 0 Å². The van der Waals surface area contributed by atoms with Gasteiger partial charge in [0, 0.05) is 19.4 Å². The smallest absolute Gasteiger partial charge is 0.462 e. The van der Waals surface area contributed by atoms with Gasteiger partial charge in [-0.15, -0.1) is 0 Å². The van der Waals surface area contributed by atoms with Gasteiger partial charge in [-0.1, -0.05) is 197 Å². The summed E-state index contributed by atoms with van der Waals surface area (Å²) in [7, 11) is -4.38. The van der Waals surface area contributed by atoms with Gasteiger partial charge in [-0.3, -0.25) is 18.6 Å². The van der Waals surface area contributed by atoms with E-state index in [0.29, 0.717) is 6.42 Å². The lowest BCUT2D eigenvalue weighted by Gasteiger charge is -2.19. The van der Waals surface area contributed by atoms with Crippen LogP contribution in [0, 0.1) is 0 Å². The second kappa shape index (κ2) is 44.5. The number of phosphoric acid groups is 1. The van der Waals surface area contributed by atoms with Gasteiger partial charge in [0.25, 0.3) is 0 Å². The van der Waals surface area contributed by atoms with Crippen molar-refractivity contribution in [2.75, 3.05) is 26.4 Å². The maximum Gasteiger partial charge on any atom is 0.472 e. The Morgan fingerprint density at radius 1 is 0.534 bits per heavy atom. The Morgan fingerprint density at radius 3 is 1.41 bits per heavy atom. The third-order valence-electron chi connectivity index (χ3n) is 9.98. The zero-order valence-corrected chi connectivity index (χ0v) is 38.2. The van der Waals surface area contributed by atoms with E-state index in [0.717, 1.165) is 70.6 Å². The zero-order chi connectivity index (χ0) is 42.5. The zero-order valence-electron chi connectivity index (χ0n) is 37.3. The number of unbranched alkanes of at least 4 members (excludes halogenated alkanes) is 23. The molecule has 0 heterocycles. The first-order valence-corrected chi connectivity index (χ1v) is 25.1. The highest BCUT2D eigenvalue weighted by Gasteiger charge is 2.26. The minimum Gasteiger partial charge on any atom is -0.462 e. The molecule has 0 bridgehead atoms. The number of hydrogen-bond acceptors (Lipinski definition) is 8. The molecule has 0 rings (SSSR count). The Bertz CT molecular complexity index is 1090. The van der Waals surface area contributed by atoms with Crippen LogP contribution < -0.4 is 5.73 Å². The lowest BCUT2D eigenvalue weighted by molar-refractivity contribution is -0.161. The van der Waals surface area contributed by atoms with Crippen LogP contribution in [-0.4, -0.2) is 49.3 Å². The van der Waals surface area contributed by atoms with Gasteiger partial charge in [0.05, 0.1) is 13.2 Å². The summed E-state index contributed by atoms with van der Waals surface area (Å²) < 4.78 is 32.8. The van der Waals surface area contributed by atoms with Gasteiger partial charge in [-0.05, 0) is 51.4 Å². The molecule has 0 spiro atoms. The van der Waals surface area contributed by atoms with E-state index in [9.17, 15) is 19.0 Å². The number of allylic oxidation sites excluding steroid dienone is 8. The second-order valence-electron chi connectivity index (χ2n) is 15.6. The topological polar surface area (TPSA) is 134 Å². The van der Waals surface area contributed by atoms with Crippen LogP contribution in [0.5, 0.6) is 0 Å². The highest BCUT2D eigenvalue weighted by atomic mass is 31.2. The van der Waals surface area contributed by atoms with E-state index in [1.165, 1.54) is 109 Å². The van der Waals surface area contributed by atoms with Crippen LogP contribution >= 0.6 is 7.82 Å². The standard InChI is InChI=1S/C48H88NO8P/c1-3-5-7-9-11-13-15-17-19-20-21-22-23-24-25-26-27-29-31-33-35-37-39-41-48(51)57-46(45-56-58(52,53)55-43-42-49)44-54-47(50)40-38-36-34-32-30-28-18-16-14-12-10-8-6-4-2/h5,7,11,13,17,19,21-22,46H,3-4,6,8-10,12,14-16,18,20,23-45,49H2,1-2H3,(H,52,53)/b7-5-,13-11-,19-17-,22-21-. The van der Waals surface area contributed by atoms with Crippen LogP contribution in [0.25, 0.3) is 0 Å². The molecule has 0 aliphatic heterocycles. The van der Waals surface area contributed by atoms with E-state index >= 15 is 0 Å².